The second-order valence-electron chi connectivity index (χ2n) is 4.37. The van der Waals surface area contributed by atoms with Crippen LogP contribution in [0, 0.1) is 0 Å². The summed E-state index contributed by atoms with van der Waals surface area (Å²) in [5.74, 6) is 0.613. The summed E-state index contributed by atoms with van der Waals surface area (Å²) in [6.07, 6.45) is 2.46. The van der Waals surface area contributed by atoms with Crippen LogP contribution >= 0.6 is 10.7 Å². The highest BCUT2D eigenvalue weighted by Crippen LogP contribution is 2.22. The molecular weight excluding hydrogens is 276 g/mol. The number of rotatable bonds is 4. The molecule has 0 saturated carbocycles. The van der Waals surface area contributed by atoms with Gasteiger partial charge in [-0.2, -0.15) is 0 Å². The van der Waals surface area contributed by atoms with Gasteiger partial charge in [-0.1, -0.05) is 0 Å². The van der Waals surface area contributed by atoms with Crippen LogP contribution < -0.4 is 4.74 Å². The smallest absolute Gasteiger partial charge is 0.261 e. The highest BCUT2D eigenvalue weighted by molar-refractivity contribution is 8.13. The summed E-state index contributed by atoms with van der Waals surface area (Å²) in [5.41, 5.74) is 0. The van der Waals surface area contributed by atoms with Crippen LogP contribution in [0.4, 0.5) is 0 Å². The third-order valence-electron chi connectivity index (χ3n) is 2.86. The first-order valence-electron chi connectivity index (χ1n) is 5.78. The van der Waals surface area contributed by atoms with Crippen LogP contribution in [0.25, 0.3) is 0 Å². The van der Waals surface area contributed by atoms with Crippen molar-refractivity contribution in [3.63, 3.8) is 0 Å². The summed E-state index contributed by atoms with van der Waals surface area (Å²) in [6, 6.07) is 6.03. The Morgan fingerprint density at radius 3 is 2.50 bits per heavy atom. The van der Waals surface area contributed by atoms with Crippen molar-refractivity contribution in [2.24, 2.45) is 0 Å². The van der Waals surface area contributed by atoms with Gasteiger partial charge in [-0.3, -0.25) is 0 Å². The molecule has 4 nitrogen and oxygen atoms in total. The van der Waals surface area contributed by atoms with Crippen LogP contribution in [0.2, 0.25) is 0 Å². The van der Waals surface area contributed by atoms with E-state index in [0.717, 1.165) is 12.8 Å². The fourth-order valence-electron chi connectivity index (χ4n) is 1.90. The summed E-state index contributed by atoms with van der Waals surface area (Å²) < 4.78 is 33.3. The van der Waals surface area contributed by atoms with Gasteiger partial charge in [0.2, 0.25) is 0 Å². The van der Waals surface area contributed by atoms with Crippen LogP contribution in [0.15, 0.2) is 29.2 Å². The molecule has 18 heavy (non-hydrogen) atoms. The van der Waals surface area contributed by atoms with Crippen molar-refractivity contribution in [3.05, 3.63) is 24.3 Å². The Balaban J connectivity index is 1.91. The Hall–Kier alpha value is -0.780. The lowest BCUT2D eigenvalue weighted by Gasteiger charge is -2.12. The van der Waals surface area contributed by atoms with E-state index in [1.165, 1.54) is 12.1 Å². The van der Waals surface area contributed by atoms with E-state index in [4.69, 9.17) is 20.2 Å². The Morgan fingerprint density at radius 2 is 2.00 bits per heavy atom. The third kappa shape index (κ3) is 3.60. The average molecular weight is 291 g/mol. The highest BCUT2D eigenvalue weighted by atomic mass is 35.7. The molecule has 0 aliphatic carbocycles. The Bertz CT molecular complexity index is 497. The number of halogens is 1. The second-order valence-corrected chi connectivity index (χ2v) is 6.93. The van der Waals surface area contributed by atoms with Crippen molar-refractivity contribution in [1.82, 2.24) is 0 Å². The van der Waals surface area contributed by atoms with Crippen molar-refractivity contribution in [3.8, 4) is 5.75 Å². The van der Waals surface area contributed by atoms with Gasteiger partial charge in [0.05, 0.1) is 17.1 Å². The molecule has 0 aromatic heterocycles. The lowest BCUT2D eigenvalue weighted by molar-refractivity contribution is 0.0264. The SMILES string of the molecule is CC1CCC(COc2ccc(S(=O)(=O)Cl)cc2)O1. The maximum absolute atomic E-state index is 11.1. The maximum atomic E-state index is 11.1. The van der Waals surface area contributed by atoms with E-state index >= 15 is 0 Å². The number of ether oxygens (including phenoxy) is 2. The van der Waals surface area contributed by atoms with E-state index in [0.29, 0.717) is 18.5 Å². The van der Waals surface area contributed by atoms with E-state index in [-0.39, 0.29) is 11.0 Å². The standard InChI is InChI=1S/C12H15ClO4S/c1-9-2-3-11(17-9)8-16-10-4-6-12(7-5-10)18(13,14)15/h4-7,9,11H,2-3,8H2,1H3. The fourth-order valence-corrected chi connectivity index (χ4v) is 2.67. The minimum absolute atomic E-state index is 0.0715. The van der Waals surface area contributed by atoms with Gasteiger partial charge in [0, 0.05) is 10.7 Å². The topological polar surface area (TPSA) is 52.6 Å². The van der Waals surface area contributed by atoms with E-state index < -0.39 is 9.05 Å². The summed E-state index contributed by atoms with van der Waals surface area (Å²) in [7, 11) is 1.55. The van der Waals surface area contributed by atoms with Crippen molar-refractivity contribution in [2.75, 3.05) is 6.61 Å². The first kappa shape index (κ1) is 13.6. The van der Waals surface area contributed by atoms with Gasteiger partial charge in [0.25, 0.3) is 9.05 Å². The molecule has 1 heterocycles. The quantitative estimate of drug-likeness (QED) is 0.800. The summed E-state index contributed by atoms with van der Waals surface area (Å²) in [5, 5.41) is 0. The first-order valence-corrected chi connectivity index (χ1v) is 8.09. The lowest BCUT2D eigenvalue weighted by atomic mass is 10.2. The van der Waals surface area contributed by atoms with Gasteiger partial charge in [-0.15, -0.1) is 0 Å². The molecule has 1 fully saturated rings. The van der Waals surface area contributed by atoms with Gasteiger partial charge in [0.15, 0.2) is 0 Å². The summed E-state index contributed by atoms with van der Waals surface area (Å²) in [4.78, 5) is 0.0715. The minimum Gasteiger partial charge on any atom is -0.491 e. The Kier molecular flexibility index (Phi) is 4.14. The van der Waals surface area contributed by atoms with Gasteiger partial charge < -0.3 is 9.47 Å². The van der Waals surface area contributed by atoms with Gasteiger partial charge in [-0.05, 0) is 44.0 Å². The zero-order chi connectivity index (χ0) is 13.2. The van der Waals surface area contributed by atoms with E-state index in [9.17, 15) is 8.42 Å². The molecular formula is C12H15ClO4S. The monoisotopic (exact) mass is 290 g/mol. The first-order chi connectivity index (χ1) is 8.45. The molecule has 1 aromatic rings. The molecule has 100 valence electrons. The molecule has 2 rings (SSSR count). The van der Waals surface area contributed by atoms with Crippen LogP contribution in [0.3, 0.4) is 0 Å². The molecule has 0 radical (unpaired) electrons. The predicted octanol–water partition coefficient (Wildman–Crippen LogP) is 2.56. The average Bonchev–Trinajstić information content (AvgIpc) is 2.72. The van der Waals surface area contributed by atoms with E-state index in [1.807, 2.05) is 6.92 Å². The van der Waals surface area contributed by atoms with Gasteiger partial charge in [-0.25, -0.2) is 8.42 Å². The Morgan fingerprint density at radius 1 is 1.33 bits per heavy atom. The molecule has 2 unspecified atom stereocenters. The molecule has 1 aliphatic rings. The third-order valence-corrected chi connectivity index (χ3v) is 4.23. The van der Waals surface area contributed by atoms with Crippen LogP contribution in [-0.4, -0.2) is 27.2 Å². The Labute approximate surface area is 111 Å². The largest absolute Gasteiger partial charge is 0.491 e. The number of hydrogen-bond acceptors (Lipinski definition) is 4. The van der Waals surface area contributed by atoms with Crippen LogP contribution in [-0.2, 0) is 13.8 Å². The molecule has 2 atom stereocenters. The number of benzene rings is 1. The molecule has 0 bridgehead atoms. The minimum atomic E-state index is -3.67. The molecule has 1 saturated heterocycles. The van der Waals surface area contributed by atoms with Crippen molar-refractivity contribution in [1.29, 1.82) is 0 Å². The molecule has 1 aliphatic heterocycles. The lowest BCUT2D eigenvalue weighted by Crippen LogP contribution is -2.17. The highest BCUT2D eigenvalue weighted by Gasteiger charge is 2.22. The van der Waals surface area contributed by atoms with Crippen molar-refractivity contribution in [2.45, 2.75) is 36.9 Å². The van der Waals surface area contributed by atoms with E-state index in [1.54, 1.807) is 12.1 Å². The van der Waals surface area contributed by atoms with Crippen LogP contribution in [0.1, 0.15) is 19.8 Å². The zero-order valence-corrected chi connectivity index (χ0v) is 11.6. The maximum Gasteiger partial charge on any atom is 0.261 e. The molecule has 6 heteroatoms. The second kappa shape index (κ2) is 5.47. The predicted molar refractivity (Wildman–Crippen MR) is 68.5 cm³/mol. The van der Waals surface area contributed by atoms with Crippen LogP contribution in [0.5, 0.6) is 5.75 Å². The zero-order valence-electron chi connectivity index (χ0n) is 10.0. The molecule has 0 N–H and O–H groups in total. The molecule has 0 amide bonds. The number of hydrogen-bond donors (Lipinski definition) is 0. The molecule has 1 aromatic carbocycles. The van der Waals surface area contributed by atoms with Gasteiger partial charge >= 0.3 is 0 Å². The van der Waals surface area contributed by atoms with E-state index in [2.05, 4.69) is 0 Å². The normalized spacial score (nSPS) is 24.1. The van der Waals surface area contributed by atoms with Crippen molar-refractivity contribution >= 4 is 19.7 Å². The summed E-state index contributed by atoms with van der Waals surface area (Å²) in [6.45, 7) is 2.53. The molecule has 0 spiro atoms. The fraction of sp³-hybridized carbons (Fsp3) is 0.500. The van der Waals surface area contributed by atoms with Gasteiger partial charge in [0.1, 0.15) is 12.4 Å². The summed E-state index contributed by atoms with van der Waals surface area (Å²) >= 11 is 0. The van der Waals surface area contributed by atoms with Crippen molar-refractivity contribution < 1.29 is 17.9 Å².